The molecule has 1 aliphatic rings. The fraction of sp³-hybridized carbons (Fsp3) is 0.294. The van der Waals surface area contributed by atoms with Crippen molar-refractivity contribution in [1.82, 2.24) is 4.57 Å². The molecule has 0 atom stereocenters. The van der Waals surface area contributed by atoms with Crippen LogP contribution in [0.25, 0.3) is 5.69 Å². The molecular weight excluding hydrogens is 298 g/mol. The molecule has 0 bridgehead atoms. The molecule has 0 unspecified atom stereocenters. The molecule has 0 aliphatic heterocycles. The van der Waals surface area contributed by atoms with Crippen molar-refractivity contribution in [2.24, 2.45) is 0 Å². The van der Waals surface area contributed by atoms with Crippen LogP contribution in [0.3, 0.4) is 0 Å². The summed E-state index contributed by atoms with van der Waals surface area (Å²) in [4.78, 5) is 11.8. The third-order valence-electron chi connectivity index (χ3n) is 3.98. The lowest BCUT2D eigenvalue weighted by Gasteiger charge is -2.17. The van der Waals surface area contributed by atoms with Gasteiger partial charge in [-0.2, -0.15) is 5.26 Å². The molecule has 0 radical (unpaired) electrons. The number of alkyl halides is 1. The maximum absolute atomic E-state index is 11.8. The number of carbonyl (C=O) groups excluding carboxylic acids is 1. The fourth-order valence-corrected chi connectivity index (χ4v) is 3.13. The number of para-hydroxylation sites is 1. The number of hydrogen-bond donors (Lipinski definition) is 1. The molecular formula is C17H16ClN3O. The predicted octanol–water partition coefficient (Wildman–Crippen LogP) is 3.41. The molecule has 0 saturated heterocycles. The first-order valence-corrected chi connectivity index (χ1v) is 7.87. The lowest BCUT2D eigenvalue weighted by atomic mass is 9.95. The Morgan fingerprint density at radius 1 is 1.27 bits per heavy atom. The van der Waals surface area contributed by atoms with Crippen molar-refractivity contribution < 1.29 is 4.79 Å². The van der Waals surface area contributed by atoms with E-state index in [-0.39, 0.29) is 11.8 Å². The summed E-state index contributed by atoms with van der Waals surface area (Å²) in [6.45, 7) is 0. The predicted molar refractivity (Wildman–Crippen MR) is 86.5 cm³/mol. The maximum atomic E-state index is 11.8. The normalized spacial score (nSPS) is 13.3. The standard InChI is InChI=1S/C17H16ClN3O/c18-10-16(22)20-17-14(11-19)13-8-4-5-9-15(13)21(17)12-6-2-1-3-7-12/h1-3,6-7H,4-5,8-10H2,(H,20,22). The highest BCUT2D eigenvalue weighted by Gasteiger charge is 2.26. The minimum Gasteiger partial charge on any atom is -0.310 e. The Labute approximate surface area is 134 Å². The molecule has 0 spiro atoms. The fourth-order valence-electron chi connectivity index (χ4n) is 3.06. The number of nitrogens with one attached hydrogen (secondary N) is 1. The molecule has 0 saturated carbocycles. The molecule has 1 N–H and O–H groups in total. The van der Waals surface area contributed by atoms with E-state index in [0.717, 1.165) is 42.6 Å². The van der Waals surface area contributed by atoms with Crippen LogP contribution in [0.4, 0.5) is 5.82 Å². The molecule has 1 aliphatic carbocycles. The van der Waals surface area contributed by atoms with Crippen molar-refractivity contribution in [3.8, 4) is 11.8 Å². The molecule has 3 rings (SSSR count). The second-order valence-electron chi connectivity index (χ2n) is 5.32. The van der Waals surface area contributed by atoms with Crippen LogP contribution in [0, 0.1) is 11.3 Å². The third kappa shape index (κ3) is 2.49. The number of anilines is 1. The minimum absolute atomic E-state index is 0.129. The third-order valence-corrected chi connectivity index (χ3v) is 4.22. The van der Waals surface area contributed by atoms with Gasteiger partial charge in [0.25, 0.3) is 0 Å². The molecule has 1 heterocycles. The molecule has 112 valence electrons. The van der Waals surface area contributed by atoms with Gasteiger partial charge in [0.1, 0.15) is 17.8 Å². The number of nitriles is 1. The summed E-state index contributed by atoms with van der Waals surface area (Å²) in [7, 11) is 0. The van der Waals surface area contributed by atoms with Crippen LogP contribution in [-0.4, -0.2) is 16.4 Å². The summed E-state index contributed by atoms with van der Waals surface area (Å²) < 4.78 is 2.00. The molecule has 4 nitrogen and oxygen atoms in total. The zero-order chi connectivity index (χ0) is 15.5. The van der Waals surface area contributed by atoms with Gasteiger partial charge >= 0.3 is 0 Å². The number of carbonyl (C=O) groups is 1. The van der Waals surface area contributed by atoms with Gasteiger partial charge < -0.3 is 5.32 Å². The van der Waals surface area contributed by atoms with E-state index in [4.69, 9.17) is 11.6 Å². The van der Waals surface area contributed by atoms with Crippen LogP contribution in [0.15, 0.2) is 30.3 Å². The van der Waals surface area contributed by atoms with Crippen molar-refractivity contribution in [3.63, 3.8) is 0 Å². The molecule has 22 heavy (non-hydrogen) atoms. The SMILES string of the molecule is N#Cc1c2c(n(-c3ccccc3)c1NC(=O)CCl)CCCC2. The van der Waals surface area contributed by atoms with Crippen molar-refractivity contribution >= 4 is 23.3 Å². The number of hydrogen-bond acceptors (Lipinski definition) is 2. The van der Waals surface area contributed by atoms with Gasteiger partial charge in [-0.1, -0.05) is 18.2 Å². The topological polar surface area (TPSA) is 57.8 Å². The Bertz CT molecular complexity index is 743. The zero-order valence-corrected chi connectivity index (χ0v) is 12.9. The molecule has 0 fully saturated rings. The van der Waals surface area contributed by atoms with Gasteiger partial charge in [-0.3, -0.25) is 9.36 Å². The van der Waals surface area contributed by atoms with Crippen molar-refractivity contribution in [3.05, 3.63) is 47.2 Å². The number of amides is 1. The van der Waals surface area contributed by atoms with Gasteiger partial charge in [0.2, 0.25) is 5.91 Å². The second-order valence-corrected chi connectivity index (χ2v) is 5.59. The summed E-state index contributed by atoms with van der Waals surface area (Å²) in [6.07, 6.45) is 3.96. The van der Waals surface area contributed by atoms with Crippen LogP contribution >= 0.6 is 11.6 Å². The van der Waals surface area contributed by atoms with Gasteiger partial charge in [0.05, 0.1) is 5.56 Å². The van der Waals surface area contributed by atoms with E-state index in [1.54, 1.807) is 0 Å². The number of fused-ring (bicyclic) bond motifs is 1. The maximum Gasteiger partial charge on any atom is 0.240 e. The molecule has 1 aromatic heterocycles. The first kappa shape index (κ1) is 14.7. The Balaban J connectivity index is 2.23. The van der Waals surface area contributed by atoms with E-state index < -0.39 is 0 Å². The van der Waals surface area contributed by atoms with Crippen LogP contribution in [0.5, 0.6) is 0 Å². The highest BCUT2D eigenvalue weighted by molar-refractivity contribution is 6.29. The lowest BCUT2D eigenvalue weighted by molar-refractivity contribution is -0.113. The van der Waals surface area contributed by atoms with Crippen LogP contribution in [-0.2, 0) is 17.6 Å². The summed E-state index contributed by atoms with van der Waals surface area (Å²) in [5, 5.41) is 12.4. The smallest absolute Gasteiger partial charge is 0.240 e. The van der Waals surface area contributed by atoms with Crippen LogP contribution in [0.1, 0.15) is 29.7 Å². The molecule has 1 amide bonds. The number of benzene rings is 1. The first-order valence-electron chi connectivity index (χ1n) is 7.34. The van der Waals surface area contributed by atoms with E-state index in [9.17, 15) is 10.1 Å². The number of nitrogens with zero attached hydrogens (tertiary/aromatic N) is 2. The van der Waals surface area contributed by atoms with Crippen molar-refractivity contribution in [1.29, 1.82) is 5.26 Å². The highest BCUT2D eigenvalue weighted by atomic mass is 35.5. The van der Waals surface area contributed by atoms with Gasteiger partial charge in [-0.15, -0.1) is 11.6 Å². The van der Waals surface area contributed by atoms with Gasteiger partial charge in [-0.25, -0.2) is 0 Å². The van der Waals surface area contributed by atoms with Gasteiger partial charge in [-0.05, 0) is 43.4 Å². The van der Waals surface area contributed by atoms with Gasteiger partial charge in [0.15, 0.2) is 0 Å². The average molecular weight is 314 g/mol. The van der Waals surface area contributed by atoms with E-state index in [1.807, 2.05) is 34.9 Å². The summed E-state index contributed by atoms with van der Waals surface area (Å²) in [5.74, 6) is 0.117. The largest absolute Gasteiger partial charge is 0.310 e. The Kier molecular flexibility index (Phi) is 4.17. The Hall–Kier alpha value is -2.25. The van der Waals surface area contributed by atoms with E-state index in [2.05, 4.69) is 11.4 Å². The van der Waals surface area contributed by atoms with E-state index in [0.29, 0.717) is 11.4 Å². The Morgan fingerprint density at radius 2 is 2.00 bits per heavy atom. The lowest BCUT2D eigenvalue weighted by Crippen LogP contribution is -2.17. The highest BCUT2D eigenvalue weighted by Crippen LogP contribution is 2.35. The quantitative estimate of drug-likeness (QED) is 0.883. The summed E-state index contributed by atoms with van der Waals surface area (Å²) in [6, 6.07) is 12.1. The average Bonchev–Trinajstić information content (AvgIpc) is 2.88. The molecule has 1 aromatic carbocycles. The first-order chi connectivity index (χ1) is 10.8. The van der Waals surface area contributed by atoms with E-state index >= 15 is 0 Å². The van der Waals surface area contributed by atoms with Gasteiger partial charge in [0, 0.05) is 11.4 Å². The minimum atomic E-state index is -0.301. The Morgan fingerprint density at radius 3 is 2.68 bits per heavy atom. The number of rotatable bonds is 3. The monoisotopic (exact) mass is 313 g/mol. The second kappa shape index (κ2) is 6.25. The van der Waals surface area contributed by atoms with E-state index in [1.165, 1.54) is 0 Å². The van der Waals surface area contributed by atoms with Crippen LogP contribution in [0.2, 0.25) is 0 Å². The van der Waals surface area contributed by atoms with Crippen LogP contribution < -0.4 is 5.32 Å². The zero-order valence-electron chi connectivity index (χ0n) is 12.1. The summed E-state index contributed by atoms with van der Waals surface area (Å²) >= 11 is 5.62. The van der Waals surface area contributed by atoms with Crippen molar-refractivity contribution in [2.75, 3.05) is 11.2 Å². The molecule has 5 heteroatoms. The number of aromatic nitrogens is 1. The summed E-state index contributed by atoms with van der Waals surface area (Å²) in [5.41, 5.74) is 3.70. The van der Waals surface area contributed by atoms with Crippen molar-refractivity contribution in [2.45, 2.75) is 25.7 Å². The molecule has 2 aromatic rings. The number of halogens is 1.